The van der Waals surface area contributed by atoms with Crippen LogP contribution in [-0.2, 0) is 4.79 Å². The Labute approximate surface area is 119 Å². The lowest BCUT2D eigenvalue weighted by molar-refractivity contribution is -0.385. The number of nitrogens with zero attached hydrogens (tertiary/aromatic N) is 1. The fourth-order valence-electron chi connectivity index (χ4n) is 1.49. The van der Waals surface area contributed by atoms with Gasteiger partial charge in [0.1, 0.15) is 5.82 Å². The monoisotopic (exact) mass is 298 g/mol. The SMILES string of the molecule is Cc1cc([N+](=O)[O-])cc(C(=O)NCC(C)(C)C(=O)O)c1F. The first-order valence-corrected chi connectivity index (χ1v) is 6.02. The summed E-state index contributed by atoms with van der Waals surface area (Å²) >= 11 is 0. The van der Waals surface area contributed by atoms with Gasteiger partial charge in [-0.05, 0) is 26.3 Å². The zero-order valence-corrected chi connectivity index (χ0v) is 11.8. The Bertz CT molecular complexity index is 613. The molecule has 0 saturated carbocycles. The van der Waals surface area contributed by atoms with Crippen molar-refractivity contribution in [3.8, 4) is 0 Å². The maximum absolute atomic E-state index is 13.9. The molecule has 0 aliphatic rings. The first kappa shape index (κ1) is 16.5. The minimum absolute atomic E-state index is 0.0353. The Hall–Kier alpha value is -2.51. The van der Waals surface area contributed by atoms with Crippen molar-refractivity contribution < 1.29 is 24.0 Å². The maximum atomic E-state index is 13.9. The predicted molar refractivity (Wildman–Crippen MR) is 71.5 cm³/mol. The van der Waals surface area contributed by atoms with Crippen molar-refractivity contribution in [2.75, 3.05) is 6.54 Å². The number of hydrogen-bond donors (Lipinski definition) is 2. The third-order valence-electron chi connectivity index (χ3n) is 2.96. The minimum atomic E-state index is -1.23. The number of nitro groups is 1. The van der Waals surface area contributed by atoms with Gasteiger partial charge in [-0.25, -0.2) is 4.39 Å². The number of carbonyl (C=O) groups excluding carboxylic acids is 1. The van der Waals surface area contributed by atoms with Crippen LogP contribution in [0.15, 0.2) is 12.1 Å². The third-order valence-corrected chi connectivity index (χ3v) is 2.96. The summed E-state index contributed by atoms with van der Waals surface area (Å²) in [5.74, 6) is -2.89. The van der Waals surface area contributed by atoms with Crippen LogP contribution in [0.5, 0.6) is 0 Å². The van der Waals surface area contributed by atoms with Gasteiger partial charge in [0.2, 0.25) is 0 Å². The number of benzene rings is 1. The number of nitro benzene ring substituents is 1. The Morgan fingerprint density at radius 3 is 2.48 bits per heavy atom. The van der Waals surface area contributed by atoms with Crippen molar-refractivity contribution in [1.29, 1.82) is 0 Å². The normalized spacial score (nSPS) is 11.0. The number of carboxylic acid groups (broad SMARTS) is 1. The molecule has 1 rings (SSSR count). The van der Waals surface area contributed by atoms with Gasteiger partial charge in [0.15, 0.2) is 0 Å². The van der Waals surface area contributed by atoms with Crippen LogP contribution >= 0.6 is 0 Å². The Balaban J connectivity index is 3.03. The number of non-ortho nitro benzene ring substituents is 1. The van der Waals surface area contributed by atoms with E-state index in [-0.39, 0.29) is 12.1 Å². The van der Waals surface area contributed by atoms with E-state index in [2.05, 4.69) is 5.32 Å². The van der Waals surface area contributed by atoms with E-state index >= 15 is 0 Å². The highest BCUT2D eigenvalue weighted by Crippen LogP contribution is 2.21. The van der Waals surface area contributed by atoms with Gasteiger partial charge in [0.05, 0.1) is 15.9 Å². The summed E-state index contributed by atoms with van der Waals surface area (Å²) in [5.41, 5.74) is -2.16. The molecule has 0 aromatic heterocycles. The lowest BCUT2D eigenvalue weighted by Gasteiger charge is -2.19. The number of hydrogen-bond acceptors (Lipinski definition) is 4. The summed E-state index contributed by atoms with van der Waals surface area (Å²) in [6, 6.07) is 1.85. The molecule has 0 radical (unpaired) electrons. The Morgan fingerprint density at radius 2 is 2.00 bits per heavy atom. The molecular weight excluding hydrogens is 283 g/mol. The van der Waals surface area contributed by atoms with Crippen molar-refractivity contribution in [2.45, 2.75) is 20.8 Å². The van der Waals surface area contributed by atoms with Gasteiger partial charge in [-0.2, -0.15) is 0 Å². The van der Waals surface area contributed by atoms with E-state index in [4.69, 9.17) is 5.11 Å². The molecule has 0 bridgehead atoms. The highest BCUT2D eigenvalue weighted by atomic mass is 19.1. The topological polar surface area (TPSA) is 110 Å². The van der Waals surface area contributed by atoms with Crippen LogP contribution < -0.4 is 5.32 Å². The molecule has 0 fully saturated rings. The van der Waals surface area contributed by atoms with Crippen molar-refractivity contribution in [3.63, 3.8) is 0 Å². The van der Waals surface area contributed by atoms with Crippen LogP contribution in [0.2, 0.25) is 0 Å². The van der Waals surface area contributed by atoms with Crippen LogP contribution in [0, 0.1) is 28.3 Å². The first-order valence-electron chi connectivity index (χ1n) is 6.02. The van der Waals surface area contributed by atoms with E-state index in [0.717, 1.165) is 12.1 Å². The van der Waals surface area contributed by atoms with Gasteiger partial charge in [-0.3, -0.25) is 19.7 Å². The number of aliphatic carboxylic acids is 1. The predicted octanol–water partition coefficient (Wildman–Crippen LogP) is 1.88. The second-order valence-electron chi connectivity index (χ2n) is 5.25. The molecule has 0 saturated heterocycles. The zero-order chi connectivity index (χ0) is 16.4. The van der Waals surface area contributed by atoms with Crippen LogP contribution in [0.4, 0.5) is 10.1 Å². The number of nitrogens with one attached hydrogen (secondary N) is 1. The summed E-state index contributed by atoms with van der Waals surface area (Å²) in [4.78, 5) is 32.8. The van der Waals surface area contributed by atoms with E-state index in [0.29, 0.717) is 0 Å². The molecule has 114 valence electrons. The first-order chi connectivity index (χ1) is 9.56. The van der Waals surface area contributed by atoms with Gasteiger partial charge < -0.3 is 10.4 Å². The van der Waals surface area contributed by atoms with Crippen LogP contribution in [0.25, 0.3) is 0 Å². The van der Waals surface area contributed by atoms with E-state index < -0.39 is 39.3 Å². The van der Waals surface area contributed by atoms with Gasteiger partial charge in [0, 0.05) is 18.7 Å². The minimum Gasteiger partial charge on any atom is -0.481 e. The second kappa shape index (κ2) is 5.86. The fraction of sp³-hybridized carbons (Fsp3) is 0.385. The molecular formula is C13H15FN2O5. The van der Waals surface area contributed by atoms with E-state index in [9.17, 15) is 24.1 Å². The Kier molecular flexibility index (Phi) is 4.62. The molecule has 0 aliphatic heterocycles. The smallest absolute Gasteiger partial charge is 0.310 e. The number of aryl methyl sites for hydroxylation is 1. The highest BCUT2D eigenvalue weighted by molar-refractivity contribution is 5.95. The quantitative estimate of drug-likeness (QED) is 0.637. The van der Waals surface area contributed by atoms with E-state index in [1.807, 2.05) is 0 Å². The summed E-state index contributed by atoms with van der Waals surface area (Å²) in [7, 11) is 0. The summed E-state index contributed by atoms with van der Waals surface area (Å²) in [6.45, 7) is 3.86. The molecule has 0 unspecified atom stereocenters. The molecule has 0 atom stereocenters. The lowest BCUT2D eigenvalue weighted by atomic mass is 9.94. The molecule has 0 aliphatic carbocycles. The van der Waals surface area contributed by atoms with Crippen LogP contribution in [0.3, 0.4) is 0 Å². The highest BCUT2D eigenvalue weighted by Gasteiger charge is 2.28. The van der Waals surface area contributed by atoms with E-state index in [1.165, 1.54) is 20.8 Å². The average molecular weight is 298 g/mol. The largest absolute Gasteiger partial charge is 0.481 e. The molecule has 0 spiro atoms. The van der Waals surface area contributed by atoms with Crippen molar-refractivity contribution in [3.05, 3.63) is 39.2 Å². The van der Waals surface area contributed by atoms with Crippen molar-refractivity contribution in [1.82, 2.24) is 5.32 Å². The molecule has 2 N–H and O–H groups in total. The Morgan fingerprint density at radius 1 is 1.43 bits per heavy atom. The molecule has 0 heterocycles. The molecule has 8 heteroatoms. The number of rotatable bonds is 5. The fourth-order valence-corrected chi connectivity index (χ4v) is 1.49. The summed E-state index contributed by atoms with van der Waals surface area (Å²) in [6.07, 6.45) is 0. The van der Waals surface area contributed by atoms with Crippen molar-refractivity contribution >= 4 is 17.6 Å². The zero-order valence-electron chi connectivity index (χ0n) is 11.8. The van der Waals surface area contributed by atoms with E-state index in [1.54, 1.807) is 0 Å². The number of halogens is 1. The molecule has 21 heavy (non-hydrogen) atoms. The van der Waals surface area contributed by atoms with Gasteiger partial charge >= 0.3 is 5.97 Å². The summed E-state index contributed by atoms with van der Waals surface area (Å²) < 4.78 is 13.9. The van der Waals surface area contributed by atoms with Gasteiger partial charge in [-0.15, -0.1) is 0 Å². The molecule has 1 aromatic rings. The number of carbonyl (C=O) groups is 2. The second-order valence-corrected chi connectivity index (χ2v) is 5.25. The van der Waals surface area contributed by atoms with Gasteiger partial charge in [0.25, 0.3) is 11.6 Å². The number of amides is 1. The van der Waals surface area contributed by atoms with Crippen molar-refractivity contribution in [2.24, 2.45) is 5.41 Å². The number of carboxylic acids is 1. The molecule has 1 amide bonds. The molecule has 1 aromatic carbocycles. The maximum Gasteiger partial charge on any atom is 0.310 e. The molecule has 7 nitrogen and oxygen atoms in total. The summed E-state index contributed by atoms with van der Waals surface area (Å²) in [5, 5.41) is 21.9. The van der Waals surface area contributed by atoms with Crippen LogP contribution in [-0.4, -0.2) is 28.5 Å². The average Bonchev–Trinajstić information content (AvgIpc) is 2.38. The standard InChI is InChI=1S/C13H15FN2O5/c1-7-4-8(16(20)21)5-9(10(7)14)11(17)15-6-13(2,3)12(18)19/h4-5H,6H2,1-3H3,(H,15,17)(H,18,19). The van der Waals surface area contributed by atoms with Gasteiger partial charge in [-0.1, -0.05) is 0 Å². The third kappa shape index (κ3) is 3.74. The lowest BCUT2D eigenvalue weighted by Crippen LogP contribution is -2.39. The van der Waals surface area contributed by atoms with Crippen LogP contribution in [0.1, 0.15) is 29.8 Å².